The minimum atomic E-state index is -4.50. The minimum Gasteiger partial charge on any atom is -0.446 e. The van der Waals surface area contributed by atoms with Crippen molar-refractivity contribution in [2.45, 2.75) is 44.9 Å². The molecule has 1 aromatic rings. The van der Waals surface area contributed by atoms with E-state index in [2.05, 4.69) is 0 Å². The zero-order valence-electron chi connectivity index (χ0n) is 11.8. The zero-order chi connectivity index (χ0) is 15.2. The summed E-state index contributed by atoms with van der Waals surface area (Å²) >= 11 is 0. The summed E-state index contributed by atoms with van der Waals surface area (Å²) in [6.45, 7) is 3.21. The molecular weight excluding hydrogens is 279 g/mol. The first kappa shape index (κ1) is 16.9. The van der Waals surface area contributed by atoms with Gasteiger partial charge in [-0.3, -0.25) is 9.36 Å². The first-order valence-corrected chi connectivity index (χ1v) is 8.27. The second-order valence-corrected chi connectivity index (χ2v) is 6.56. The number of hydrogen-bond acceptors (Lipinski definition) is 3. The van der Waals surface area contributed by atoms with Crippen LogP contribution in [0.1, 0.15) is 38.7 Å². The van der Waals surface area contributed by atoms with Crippen molar-refractivity contribution >= 4 is 13.6 Å². The molecule has 0 saturated carbocycles. The molecule has 6 heteroatoms. The maximum absolute atomic E-state index is 11.8. The van der Waals surface area contributed by atoms with Gasteiger partial charge in [0, 0.05) is 6.42 Å². The number of carbonyl (C=O) groups is 1. The zero-order valence-corrected chi connectivity index (χ0v) is 12.7. The summed E-state index contributed by atoms with van der Waals surface area (Å²) in [5.41, 5.74) is 0.985. The molecule has 2 N–H and O–H groups in total. The van der Waals surface area contributed by atoms with Gasteiger partial charge in [-0.1, -0.05) is 44.2 Å². The Bertz CT molecular complexity index is 476. The normalized spacial score (nSPS) is 12.2. The number of carbonyl (C=O) groups excluding carboxylic acids is 1. The molecule has 0 aliphatic carbocycles. The highest BCUT2D eigenvalue weighted by molar-refractivity contribution is 7.53. The van der Waals surface area contributed by atoms with Crippen LogP contribution in [0.2, 0.25) is 0 Å². The van der Waals surface area contributed by atoms with Crippen LogP contribution in [0.15, 0.2) is 30.3 Å². The van der Waals surface area contributed by atoms with Crippen LogP contribution in [0.5, 0.6) is 0 Å². The lowest BCUT2D eigenvalue weighted by atomic mass is 10.1. The number of hydrogen-bond donors (Lipinski definition) is 2. The van der Waals surface area contributed by atoms with Crippen molar-refractivity contribution in [1.29, 1.82) is 0 Å². The Balaban J connectivity index is 2.66. The highest BCUT2D eigenvalue weighted by Gasteiger charge is 2.47. The van der Waals surface area contributed by atoms with E-state index in [4.69, 9.17) is 4.74 Å². The van der Waals surface area contributed by atoms with E-state index in [1.807, 2.05) is 30.3 Å². The number of aryl methyl sites for hydroxylation is 1. The van der Waals surface area contributed by atoms with E-state index >= 15 is 0 Å². The molecular formula is C14H21O5P. The first-order valence-electron chi connectivity index (χ1n) is 6.66. The molecule has 1 aromatic carbocycles. The van der Waals surface area contributed by atoms with Gasteiger partial charge in [0.25, 0.3) is 0 Å². The third-order valence-electron chi connectivity index (χ3n) is 3.40. The SMILES string of the molecule is CCC(CC)(OC(=O)CCc1ccccc1)P(=O)(O)O. The van der Waals surface area contributed by atoms with E-state index in [9.17, 15) is 19.1 Å². The van der Waals surface area contributed by atoms with E-state index in [-0.39, 0.29) is 19.3 Å². The van der Waals surface area contributed by atoms with Crippen molar-refractivity contribution in [3.63, 3.8) is 0 Å². The van der Waals surface area contributed by atoms with Crippen LogP contribution in [-0.2, 0) is 20.5 Å². The molecule has 0 spiro atoms. The monoisotopic (exact) mass is 300 g/mol. The topological polar surface area (TPSA) is 83.8 Å². The van der Waals surface area contributed by atoms with Crippen molar-refractivity contribution in [1.82, 2.24) is 0 Å². The van der Waals surface area contributed by atoms with Crippen molar-refractivity contribution in [3.8, 4) is 0 Å². The molecule has 0 aliphatic heterocycles. The molecule has 0 radical (unpaired) electrons. The Morgan fingerprint density at radius 3 is 2.20 bits per heavy atom. The van der Waals surface area contributed by atoms with Crippen molar-refractivity contribution in [2.75, 3.05) is 0 Å². The second kappa shape index (κ2) is 7.02. The Morgan fingerprint density at radius 2 is 1.75 bits per heavy atom. The smallest absolute Gasteiger partial charge is 0.368 e. The predicted molar refractivity (Wildman–Crippen MR) is 76.2 cm³/mol. The number of ether oxygens (including phenoxy) is 1. The third kappa shape index (κ3) is 4.17. The lowest BCUT2D eigenvalue weighted by Gasteiger charge is -2.31. The van der Waals surface area contributed by atoms with E-state index in [1.165, 1.54) is 0 Å². The Labute approximate surface area is 119 Å². The van der Waals surface area contributed by atoms with Crippen LogP contribution >= 0.6 is 7.60 Å². The van der Waals surface area contributed by atoms with Gasteiger partial charge in [-0.25, -0.2) is 0 Å². The average molecular weight is 300 g/mol. The molecule has 0 bridgehead atoms. The number of esters is 1. The summed E-state index contributed by atoms with van der Waals surface area (Å²) in [6, 6.07) is 9.42. The quantitative estimate of drug-likeness (QED) is 0.597. The molecule has 0 fully saturated rings. The molecule has 5 nitrogen and oxygen atoms in total. The van der Waals surface area contributed by atoms with Gasteiger partial charge in [0.1, 0.15) is 0 Å². The van der Waals surface area contributed by atoms with Gasteiger partial charge in [0.05, 0.1) is 0 Å². The molecule has 0 aliphatic rings. The fourth-order valence-corrected chi connectivity index (χ4v) is 3.06. The van der Waals surface area contributed by atoms with Gasteiger partial charge < -0.3 is 14.5 Å². The second-order valence-electron chi connectivity index (χ2n) is 4.66. The predicted octanol–water partition coefficient (Wildman–Crippen LogP) is 2.86. The maximum atomic E-state index is 11.8. The molecule has 0 heterocycles. The van der Waals surface area contributed by atoms with E-state index in [0.717, 1.165) is 5.56 Å². The van der Waals surface area contributed by atoms with Crippen LogP contribution in [0.3, 0.4) is 0 Å². The molecule has 0 saturated heterocycles. The molecule has 0 aromatic heterocycles. The Kier molecular flexibility index (Phi) is 5.93. The van der Waals surface area contributed by atoms with Gasteiger partial charge >= 0.3 is 13.6 Å². The maximum Gasteiger partial charge on any atom is 0.368 e. The van der Waals surface area contributed by atoms with Gasteiger partial charge in [-0.2, -0.15) is 0 Å². The van der Waals surface area contributed by atoms with Crippen molar-refractivity contribution < 1.29 is 23.9 Å². The fraction of sp³-hybridized carbons (Fsp3) is 0.500. The molecule has 0 unspecified atom stereocenters. The van der Waals surface area contributed by atoms with Crippen LogP contribution in [0.4, 0.5) is 0 Å². The standard InChI is InChI=1S/C14H21O5P/c1-3-14(4-2,20(16,17)18)19-13(15)11-10-12-8-6-5-7-9-12/h5-9H,3-4,10-11H2,1-2H3,(H2,16,17,18). The first-order chi connectivity index (χ1) is 9.34. The highest BCUT2D eigenvalue weighted by atomic mass is 31.2. The lowest BCUT2D eigenvalue weighted by molar-refractivity contribution is -0.154. The molecule has 0 amide bonds. The van der Waals surface area contributed by atoms with Crippen LogP contribution in [-0.4, -0.2) is 21.1 Å². The van der Waals surface area contributed by atoms with Crippen molar-refractivity contribution in [3.05, 3.63) is 35.9 Å². The highest BCUT2D eigenvalue weighted by Crippen LogP contribution is 2.55. The van der Waals surface area contributed by atoms with Crippen LogP contribution in [0.25, 0.3) is 0 Å². The average Bonchev–Trinajstić information content (AvgIpc) is 2.42. The Morgan fingerprint density at radius 1 is 1.20 bits per heavy atom. The fourth-order valence-electron chi connectivity index (χ4n) is 2.02. The lowest BCUT2D eigenvalue weighted by Crippen LogP contribution is -2.33. The number of rotatable bonds is 7. The number of benzene rings is 1. The van der Waals surface area contributed by atoms with Crippen LogP contribution in [0, 0.1) is 0 Å². The van der Waals surface area contributed by atoms with Gasteiger partial charge in [-0.15, -0.1) is 0 Å². The summed E-state index contributed by atoms with van der Waals surface area (Å²) in [4.78, 5) is 30.6. The summed E-state index contributed by atoms with van der Waals surface area (Å²) in [5.74, 6) is -0.583. The third-order valence-corrected chi connectivity index (χ3v) is 5.19. The van der Waals surface area contributed by atoms with E-state index < -0.39 is 18.9 Å². The molecule has 1 rings (SSSR count). The van der Waals surface area contributed by atoms with Gasteiger partial charge in [-0.05, 0) is 24.8 Å². The summed E-state index contributed by atoms with van der Waals surface area (Å²) in [6.07, 6.45) is 0.770. The Hall–Kier alpha value is -1.16. The molecule has 112 valence electrons. The summed E-state index contributed by atoms with van der Waals surface area (Å²) < 4.78 is 16.7. The largest absolute Gasteiger partial charge is 0.446 e. The van der Waals surface area contributed by atoms with Crippen molar-refractivity contribution in [2.24, 2.45) is 0 Å². The van der Waals surface area contributed by atoms with Crippen LogP contribution < -0.4 is 0 Å². The van der Waals surface area contributed by atoms with E-state index in [1.54, 1.807) is 13.8 Å². The molecule has 20 heavy (non-hydrogen) atoms. The summed E-state index contributed by atoms with van der Waals surface area (Å²) in [7, 11) is -4.50. The summed E-state index contributed by atoms with van der Waals surface area (Å²) in [5, 5.41) is -1.69. The minimum absolute atomic E-state index is 0.0881. The van der Waals surface area contributed by atoms with Gasteiger partial charge in [0.2, 0.25) is 5.34 Å². The van der Waals surface area contributed by atoms with E-state index in [0.29, 0.717) is 6.42 Å². The molecule has 0 atom stereocenters. The van der Waals surface area contributed by atoms with Gasteiger partial charge in [0.15, 0.2) is 0 Å².